The third-order valence-electron chi connectivity index (χ3n) is 2.04. The Balaban J connectivity index is 2.71. The molecule has 2 aromatic heterocycles. The third-order valence-corrected chi connectivity index (χ3v) is 2.04. The van der Waals surface area contributed by atoms with E-state index in [1.807, 2.05) is 12.4 Å². The smallest absolute Gasteiger partial charge is 0.125 e. The first-order chi connectivity index (χ1) is 6.18. The quantitative estimate of drug-likeness (QED) is 0.717. The number of rotatable bonds is 1. The summed E-state index contributed by atoms with van der Waals surface area (Å²) in [5.74, 6) is 0.537. The van der Waals surface area contributed by atoms with E-state index in [4.69, 9.17) is 5.73 Å². The summed E-state index contributed by atoms with van der Waals surface area (Å²) in [6, 6.07) is 2.24. The zero-order valence-corrected chi connectivity index (χ0v) is 7.73. The second kappa shape index (κ2) is 2.73. The number of hydrogen-bond acceptors (Lipinski definition) is 3. The number of aromatic nitrogens is 3. The van der Waals surface area contributed by atoms with E-state index in [-0.39, 0.29) is 0 Å². The van der Waals surface area contributed by atoms with Gasteiger partial charge in [0.15, 0.2) is 0 Å². The van der Waals surface area contributed by atoms with Crippen LogP contribution in [0.3, 0.4) is 0 Å². The second-order valence-corrected chi connectivity index (χ2v) is 3.34. The highest BCUT2D eigenvalue weighted by Gasteiger charge is 2.05. The van der Waals surface area contributed by atoms with Gasteiger partial charge < -0.3 is 10.3 Å². The summed E-state index contributed by atoms with van der Waals surface area (Å²) in [4.78, 5) is 8.21. The van der Waals surface area contributed by atoms with Crippen LogP contribution in [0.5, 0.6) is 0 Å². The molecular weight excluding hydrogens is 164 g/mol. The van der Waals surface area contributed by atoms with Gasteiger partial charge in [-0.3, -0.25) is 0 Å². The number of nitrogen functional groups attached to an aromatic ring is 1. The second-order valence-electron chi connectivity index (χ2n) is 3.34. The minimum Gasteiger partial charge on any atom is -0.384 e. The molecule has 13 heavy (non-hydrogen) atoms. The van der Waals surface area contributed by atoms with Crippen LogP contribution in [-0.2, 0) is 0 Å². The van der Waals surface area contributed by atoms with Crippen molar-refractivity contribution in [3.63, 3.8) is 0 Å². The topological polar surface area (TPSA) is 56.7 Å². The first kappa shape index (κ1) is 8.04. The van der Waals surface area contributed by atoms with Gasteiger partial charge in [0.2, 0.25) is 0 Å². The Hall–Kier alpha value is -1.58. The van der Waals surface area contributed by atoms with Crippen LogP contribution in [0.2, 0.25) is 0 Å². The molecule has 0 spiro atoms. The van der Waals surface area contributed by atoms with E-state index >= 15 is 0 Å². The number of imidazole rings is 1. The van der Waals surface area contributed by atoms with Crippen LogP contribution in [0.1, 0.15) is 19.9 Å². The highest BCUT2D eigenvalue weighted by atomic mass is 15.1. The van der Waals surface area contributed by atoms with Gasteiger partial charge in [0, 0.05) is 12.1 Å². The fourth-order valence-corrected chi connectivity index (χ4v) is 1.36. The van der Waals surface area contributed by atoms with Crippen molar-refractivity contribution in [1.82, 2.24) is 14.5 Å². The van der Waals surface area contributed by atoms with Crippen molar-refractivity contribution in [3.8, 4) is 0 Å². The molecular formula is C9H12N4. The lowest BCUT2D eigenvalue weighted by Gasteiger charge is -2.07. The highest BCUT2D eigenvalue weighted by Crippen LogP contribution is 2.17. The molecule has 0 radical (unpaired) electrons. The zero-order chi connectivity index (χ0) is 9.42. The minimum absolute atomic E-state index is 0.395. The predicted octanol–water partition coefficient (Wildman–Crippen LogP) is 1.59. The number of nitrogens with two attached hydrogens (primary N) is 1. The summed E-state index contributed by atoms with van der Waals surface area (Å²) >= 11 is 0. The van der Waals surface area contributed by atoms with Crippen molar-refractivity contribution in [3.05, 3.63) is 18.6 Å². The molecule has 0 unspecified atom stereocenters. The Morgan fingerprint density at radius 3 is 2.85 bits per heavy atom. The number of fused-ring (bicyclic) bond motifs is 1. The standard InChI is InChI=1S/C9H12N4/c1-6(2)13-5-12-7-4-11-9(10)3-8(7)13/h3-6H,1-2H3,(H2,10,11). The average Bonchev–Trinajstić information content (AvgIpc) is 2.46. The van der Waals surface area contributed by atoms with Crippen molar-refractivity contribution >= 4 is 16.9 Å². The maximum absolute atomic E-state index is 5.60. The van der Waals surface area contributed by atoms with E-state index < -0.39 is 0 Å². The Labute approximate surface area is 76.4 Å². The molecule has 2 heterocycles. The molecule has 2 rings (SSSR count). The van der Waals surface area contributed by atoms with E-state index in [0.29, 0.717) is 11.9 Å². The summed E-state index contributed by atoms with van der Waals surface area (Å²) < 4.78 is 2.08. The van der Waals surface area contributed by atoms with Crippen molar-refractivity contribution in [2.45, 2.75) is 19.9 Å². The molecule has 0 amide bonds. The molecule has 0 fully saturated rings. The Morgan fingerprint density at radius 1 is 1.38 bits per heavy atom. The summed E-state index contributed by atoms with van der Waals surface area (Å²) in [6.07, 6.45) is 3.51. The third kappa shape index (κ3) is 1.24. The van der Waals surface area contributed by atoms with Gasteiger partial charge in [-0.25, -0.2) is 9.97 Å². The molecule has 4 heteroatoms. The molecule has 0 aromatic carbocycles. The van der Waals surface area contributed by atoms with Gasteiger partial charge in [-0.15, -0.1) is 0 Å². The summed E-state index contributed by atoms with van der Waals surface area (Å²) in [7, 11) is 0. The van der Waals surface area contributed by atoms with Gasteiger partial charge in [-0.05, 0) is 13.8 Å². The molecule has 0 aliphatic carbocycles. The summed E-state index contributed by atoms with van der Waals surface area (Å²) in [6.45, 7) is 4.22. The predicted molar refractivity (Wildman–Crippen MR) is 52.3 cm³/mol. The SMILES string of the molecule is CC(C)n1cnc2cnc(N)cc21. The van der Waals surface area contributed by atoms with Crippen LogP contribution < -0.4 is 5.73 Å². The lowest BCUT2D eigenvalue weighted by molar-refractivity contribution is 0.617. The minimum atomic E-state index is 0.395. The first-order valence-electron chi connectivity index (χ1n) is 4.26. The summed E-state index contributed by atoms with van der Waals surface area (Å²) in [5, 5.41) is 0. The van der Waals surface area contributed by atoms with Gasteiger partial charge in [0.25, 0.3) is 0 Å². The van der Waals surface area contributed by atoms with Gasteiger partial charge >= 0.3 is 0 Å². The molecule has 0 aliphatic rings. The zero-order valence-electron chi connectivity index (χ0n) is 7.73. The molecule has 4 nitrogen and oxygen atoms in total. The largest absolute Gasteiger partial charge is 0.384 e. The molecule has 0 aliphatic heterocycles. The fourth-order valence-electron chi connectivity index (χ4n) is 1.36. The fraction of sp³-hybridized carbons (Fsp3) is 0.333. The van der Waals surface area contributed by atoms with Crippen molar-refractivity contribution < 1.29 is 0 Å². The van der Waals surface area contributed by atoms with Gasteiger partial charge in [-0.2, -0.15) is 0 Å². The number of anilines is 1. The van der Waals surface area contributed by atoms with Crippen LogP contribution in [0.4, 0.5) is 5.82 Å². The monoisotopic (exact) mass is 176 g/mol. The van der Waals surface area contributed by atoms with E-state index in [9.17, 15) is 0 Å². The number of hydrogen-bond donors (Lipinski definition) is 1. The highest BCUT2D eigenvalue weighted by molar-refractivity contribution is 5.76. The summed E-state index contributed by atoms with van der Waals surface area (Å²) in [5.41, 5.74) is 7.54. The average molecular weight is 176 g/mol. The number of nitrogens with zero attached hydrogens (tertiary/aromatic N) is 3. The normalized spacial score (nSPS) is 11.3. The lowest BCUT2D eigenvalue weighted by Crippen LogP contribution is -1.99. The van der Waals surface area contributed by atoms with Crippen LogP contribution in [0.15, 0.2) is 18.6 Å². The van der Waals surface area contributed by atoms with Gasteiger partial charge in [0.1, 0.15) is 11.3 Å². The van der Waals surface area contributed by atoms with Crippen LogP contribution >= 0.6 is 0 Å². The van der Waals surface area contributed by atoms with Crippen molar-refractivity contribution in [2.24, 2.45) is 0 Å². The maximum atomic E-state index is 5.60. The Morgan fingerprint density at radius 2 is 2.15 bits per heavy atom. The molecule has 0 saturated carbocycles. The first-order valence-corrected chi connectivity index (χ1v) is 4.26. The Bertz CT molecular complexity index is 430. The molecule has 0 saturated heterocycles. The van der Waals surface area contributed by atoms with E-state index in [1.165, 1.54) is 0 Å². The van der Waals surface area contributed by atoms with E-state index in [1.54, 1.807) is 6.20 Å². The molecule has 2 N–H and O–H groups in total. The van der Waals surface area contributed by atoms with E-state index in [2.05, 4.69) is 28.4 Å². The van der Waals surface area contributed by atoms with Crippen LogP contribution in [0.25, 0.3) is 11.0 Å². The Kier molecular flexibility index (Phi) is 1.69. The van der Waals surface area contributed by atoms with Gasteiger partial charge in [0.05, 0.1) is 18.0 Å². The molecule has 0 bridgehead atoms. The molecule has 2 aromatic rings. The lowest BCUT2D eigenvalue weighted by atomic mass is 10.3. The maximum Gasteiger partial charge on any atom is 0.125 e. The van der Waals surface area contributed by atoms with Crippen LogP contribution in [-0.4, -0.2) is 14.5 Å². The van der Waals surface area contributed by atoms with Crippen molar-refractivity contribution in [1.29, 1.82) is 0 Å². The van der Waals surface area contributed by atoms with Crippen LogP contribution in [0, 0.1) is 0 Å². The van der Waals surface area contributed by atoms with Crippen molar-refractivity contribution in [2.75, 3.05) is 5.73 Å². The number of pyridine rings is 1. The molecule has 68 valence electrons. The van der Waals surface area contributed by atoms with Gasteiger partial charge in [-0.1, -0.05) is 0 Å². The van der Waals surface area contributed by atoms with E-state index in [0.717, 1.165) is 11.0 Å². The molecule has 0 atom stereocenters.